The lowest BCUT2D eigenvalue weighted by atomic mass is 10.0. The van der Waals surface area contributed by atoms with Gasteiger partial charge in [-0.05, 0) is 30.5 Å². The Hall–Kier alpha value is -1.74. The SMILES string of the molecule is O=C(CCCCCl)NC(c1ccccc1)c1ccco1. The van der Waals surface area contributed by atoms with E-state index in [0.717, 1.165) is 24.2 Å². The maximum absolute atomic E-state index is 12.0. The minimum absolute atomic E-state index is 0.0142. The third-order valence-corrected chi connectivity index (χ3v) is 3.32. The van der Waals surface area contributed by atoms with Crippen LogP contribution in [-0.2, 0) is 4.79 Å². The summed E-state index contributed by atoms with van der Waals surface area (Å²) in [5.41, 5.74) is 1.01. The highest BCUT2D eigenvalue weighted by molar-refractivity contribution is 6.17. The molecule has 0 aliphatic heterocycles. The van der Waals surface area contributed by atoms with Crippen molar-refractivity contribution in [1.82, 2.24) is 5.32 Å². The minimum atomic E-state index is -0.241. The molecule has 1 aromatic carbocycles. The molecular formula is C16H18ClNO2. The quantitative estimate of drug-likeness (QED) is 0.621. The summed E-state index contributed by atoms with van der Waals surface area (Å²) in [6.07, 6.45) is 3.75. The third-order valence-electron chi connectivity index (χ3n) is 3.05. The van der Waals surface area contributed by atoms with E-state index >= 15 is 0 Å². The Morgan fingerprint density at radius 1 is 1.15 bits per heavy atom. The topological polar surface area (TPSA) is 42.2 Å². The molecule has 0 spiro atoms. The molecule has 1 atom stereocenters. The zero-order valence-corrected chi connectivity index (χ0v) is 12.0. The Balaban J connectivity index is 2.06. The Kier molecular flexibility index (Phi) is 5.69. The zero-order chi connectivity index (χ0) is 14.2. The van der Waals surface area contributed by atoms with Crippen molar-refractivity contribution in [2.75, 3.05) is 5.88 Å². The molecule has 1 aromatic heterocycles. The first-order chi connectivity index (χ1) is 9.81. The van der Waals surface area contributed by atoms with Crippen molar-refractivity contribution in [2.24, 2.45) is 0 Å². The summed E-state index contributed by atoms with van der Waals surface area (Å²) < 4.78 is 5.44. The average Bonchev–Trinajstić information content (AvgIpc) is 3.00. The van der Waals surface area contributed by atoms with E-state index in [-0.39, 0.29) is 11.9 Å². The van der Waals surface area contributed by atoms with E-state index < -0.39 is 0 Å². The van der Waals surface area contributed by atoms with Gasteiger partial charge >= 0.3 is 0 Å². The first-order valence-electron chi connectivity index (χ1n) is 6.75. The molecule has 4 heteroatoms. The van der Waals surface area contributed by atoms with Crippen molar-refractivity contribution in [2.45, 2.75) is 25.3 Å². The second-order valence-electron chi connectivity index (χ2n) is 4.57. The number of hydrogen-bond acceptors (Lipinski definition) is 2. The highest BCUT2D eigenvalue weighted by Gasteiger charge is 2.18. The van der Waals surface area contributed by atoms with Gasteiger partial charge in [0.1, 0.15) is 11.8 Å². The largest absolute Gasteiger partial charge is 0.467 e. The van der Waals surface area contributed by atoms with Gasteiger partial charge in [0.05, 0.1) is 6.26 Å². The van der Waals surface area contributed by atoms with Crippen LogP contribution in [0.3, 0.4) is 0 Å². The summed E-state index contributed by atoms with van der Waals surface area (Å²) >= 11 is 5.62. The van der Waals surface area contributed by atoms with E-state index in [4.69, 9.17) is 16.0 Å². The van der Waals surface area contributed by atoms with Crippen molar-refractivity contribution in [3.63, 3.8) is 0 Å². The average molecular weight is 292 g/mol. The van der Waals surface area contributed by atoms with E-state index in [1.54, 1.807) is 6.26 Å². The number of unbranched alkanes of at least 4 members (excludes halogenated alkanes) is 1. The van der Waals surface area contributed by atoms with Crippen LogP contribution in [0, 0.1) is 0 Å². The van der Waals surface area contributed by atoms with Crippen LogP contribution >= 0.6 is 11.6 Å². The predicted molar refractivity (Wildman–Crippen MR) is 79.7 cm³/mol. The molecule has 0 radical (unpaired) electrons. The van der Waals surface area contributed by atoms with Crippen LogP contribution < -0.4 is 5.32 Å². The van der Waals surface area contributed by atoms with Gasteiger partial charge in [-0.15, -0.1) is 11.6 Å². The van der Waals surface area contributed by atoms with Gasteiger partial charge in [0.15, 0.2) is 0 Å². The summed E-state index contributed by atoms with van der Waals surface area (Å²) in [5.74, 6) is 1.34. The lowest BCUT2D eigenvalue weighted by molar-refractivity contribution is -0.121. The predicted octanol–water partition coefficient (Wildman–Crippen LogP) is 3.89. The Bertz CT molecular complexity index is 511. The van der Waals surface area contributed by atoms with Gasteiger partial charge in [0.25, 0.3) is 0 Å². The number of amides is 1. The van der Waals surface area contributed by atoms with Gasteiger partial charge in [-0.25, -0.2) is 0 Å². The maximum Gasteiger partial charge on any atom is 0.220 e. The number of hydrogen-bond donors (Lipinski definition) is 1. The van der Waals surface area contributed by atoms with Crippen LogP contribution in [0.4, 0.5) is 0 Å². The highest BCUT2D eigenvalue weighted by atomic mass is 35.5. The molecule has 0 saturated heterocycles. The van der Waals surface area contributed by atoms with Crippen LogP contribution in [0.15, 0.2) is 53.1 Å². The summed E-state index contributed by atoms with van der Waals surface area (Å²) in [6, 6.07) is 13.3. The number of benzene rings is 1. The van der Waals surface area contributed by atoms with Gasteiger partial charge in [-0.1, -0.05) is 30.3 Å². The summed E-state index contributed by atoms with van der Waals surface area (Å²) in [6.45, 7) is 0. The lowest BCUT2D eigenvalue weighted by Gasteiger charge is -2.17. The molecule has 1 amide bonds. The molecule has 106 valence electrons. The molecule has 0 bridgehead atoms. The molecule has 0 aliphatic rings. The number of halogens is 1. The second kappa shape index (κ2) is 7.75. The highest BCUT2D eigenvalue weighted by Crippen LogP contribution is 2.22. The molecule has 1 unspecified atom stereocenters. The van der Waals surface area contributed by atoms with Crippen molar-refractivity contribution < 1.29 is 9.21 Å². The fourth-order valence-electron chi connectivity index (χ4n) is 2.03. The van der Waals surface area contributed by atoms with Crippen molar-refractivity contribution in [1.29, 1.82) is 0 Å². The summed E-state index contributed by atoms with van der Waals surface area (Å²) in [7, 11) is 0. The zero-order valence-electron chi connectivity index (χ0n) is 11.2. The summed E-state index contributed by atoms with van der Waals surface area (Å²) in [4.78, 5) is 12.0. The standard InChI is InChI=1S/C16H18ClNO2/c17-11-5-4-10-15(19)18-16(14-9-6-12-20-14)13-7-2-1-3-8-13/h1-3,6-9,12,16H,4-5,10-11H2,(H,18,19). The van der Waals surface area contributed by atoms with Crippen LogP contribution in [-0.4, -0.2) is 11.8 Å². The normalized spacial score (nSPS) is 12.1. The number of carbonyl (C=O) groups is 1. The van der Waals surface area contributed by atoms with Crippen LogP contribution in [0.25, 0.3) is 0 Å². The Labute approximate surface area is 123 Å². The van der Waals surface area contributed by atoms with E-state index in [0.29, 0.717) is 12.3 Å². The molecule has 3 nitrogen and oxygen atoms in total. The van der Waals surface area contributed by atoms with Crippen molar-refractivity contribution in [3.8, 4) is 0 Å². The van der Waals surface area contributed by atoms with Crippen molar-refractivity contribution in [3.05, 3.63) is 60.1 Å². The molecule has 1 heterocycles. The minimum Gasteiger partial charge on any atom is -0.467 e. The molecule has 1 N–H and O–H groups in total. The fourth-order valence-corrected chi connectivity index (χ4v) is 2.22. The molecule has 0 fully saturated rings. The number of nitrogens with one attached hydrogen (secondary N) is 1. The molecule has 0 aliphatic carbocycles. The summed E-state index contributed by atoms with van der Waals surface area (Å²) in [5, 5.41) is 3.02. The monoisotopic (exact) mass is 291 g/mol. The Morgan fingerprint density at radius 2 is 1.95 bits per heavy atom. The number of rotatable bonds is 7. The Morgan fingerprint density at radius 3 is 2.60 bits per heavy atom. The molecule has 2 aromatic rings. The number of carbonyl (C=O) groups excluding carboxylic acids is 1. The molecule has 2 rings (SSSR count). The number of alkyl halides is 1. The maximum atomic E-state index is 12.0. The lowest BCUT2D eigenvalue weighted by Crippen LogP contribution is -2.28. The van der Waals surface area contributed by atoms with Crippen LogP contribution in [0.2, 0.25) is 0 Å². The van der Waals surface area contributed by atoms with Crippen LogP contribution in [0.5, 0.6) is 0 Å². The third kappa shape index (κ3) is 4.14. The van der Waals surface area contributed by atoms with E-state index in [1.165, 1.54) is 0 Å². The number of furan rings is 1. The molecule has 0 saturated carbocycles. The van der Waals surface area contributed by atoms with Gasteiger partial charge in [0.2, 0.25) is 5.91 Å². The molecule has 20 heavy (non-hydrogen) atoms. The molecular weight excluding hydrogens is 274 g/mol. The van der Waals surface area contributed by atoms with Gasteiger partial charge in [-0.2, -0.15) is 0 Å². The van der Waals surface area contributed by atoms with Gasteiger partial charge in [0, 0.05) is 12.3 Å². The van der Waals surface area contributed by atoms with Crippen molar-refractivity contribution >= 4 is 17.5 Å². The first kappa shape index (κ1) is 14.7. The smallest absolute Gasteiger partial charge is 0.220 e. The van der Waals surface area contributed by atoms with E-state index in [1.807, 2.05) is 42.5 Å². The van der Waals surface area contributed by atoms with Gasteiger partial charge in [-0.3, -0.25) is 4.79 Å². The fraction of sp³-hybridized carbons (Fsp3) is 0.312. The second-order valence-corrected chi connectivity index (χ2v) is 4.95. The van der Waals surface area contributed by atoms with Gasteiger partial charge < -0.3 is 9.73 Å². The van der Waals surface area contributed by atoms with E-state index in [2.05, 4.69) is 5.32 Å². The van der Waals surface area contributed by atoms with E-state index in [9.17, 15) is 4.79 Å². The van der Waals surface area contributed by atoms with Crippen LogP contribution in [0.1, 0.15) is 36.6 Å². The first-order valence-corrected chi connectivity index (χ1v) is 7.28.